The molecule has 0 fully saturated rings. The highest BCUT2D eigenvalue weighted by Gasteiger charge is 2.13. The molecule has 1 aromatic carbocycles. The molecule has 14 heavy (non-hydrogen) atoms. The van der Waals surface area contributed by atoms with Gasteiger partial charge >= 0.3 is 0 Å². The third kappa shape index (κ3) is 2.27. The summed E-state index contributed by atoms with van der Waals surface area (Å²) in [7, 11) is 0. The second kappa shape index (κ2) is 5.02. The average molecular weight is 231 g/mol. The summed E-state index contributed by atoms with van der Waals surface area (Å²) in [5.74, 6) is -0.508. The molecule has 0 spiro atoms. The van der Waals surface area contributed by atoms with Crippen LogP contribution in [0.5, 0.6) is 0 Å². The summed E-state index contributed by atoms with van der Waals surface area (Å²) >= 11 is 10.3. The molecule has 0 bridgehead atoms. The number of nitrogens with zero attached hydrogens (tertiary/aromatic N) is 1. The van der Waals surface area contributed by atoms with Gasteiger partial charge in [0.1, 0.15) is 11.9 Å². The molecule has 1 aromatic rings. The molecule has 1 unspecified atom stereocenters. The van der Waals surface area contributed by atoms with Crippen molar-refractivity contribution >= 4 is 35.5 Å². The molecule has 2 N–H and O–H groups in total. The van der Waals surface area contributed by atoms with Crippen LogP contribution in [0.3, 0.4) is 0 Å². The Bertz CT molecular complexity index is 368. The molecular formula is C9H8ClFN2S. The van der Waals surface area contributed by atoms with Gasteiger partial charge in [-0.15, -0.1) is 0 Å². The molecule has 0 amide bonds. The van der Waals surface area contributed by atoms with Crippen molar-refractivity contribution < 1.29 is 4.39 Å². The standard InChI is InChI=1S/C9H8ClFN2S/c10-7-3-1-2-6(9(7)11)8(4-14)13-5-12/h1-5,8H,(H2,12,13). The number of benzene rings is 1. The lowest BCUT2D eigenvalue weighted by Gasteiger charge is -2.08. The maximum atomic E-state index is 13.4. The van der Waals surface area contributed by atoms with Crippen LogP contribution in [0.4, 0.5) is 4.39 Å². The van der Waals surface area contributed by atoms with E-state index >= 15 is 0 Å². The second-order valence-electron chi connectivity index (χ2n) is 2.52. The highest BCUT2D eigenvalue weighted by molar-refractivity contribution is 7.79. The Labute approximate surface area is 91.6 Å². The Morgan fingerprint density at radius 1 is 1.57 bits per heavy atom. The lowest BCUT2D eigenvalue weighted by Crippen LogP contribution is -2.02. The third-order valence-electron chi connectivity index (χ3n) is 1.68. The topological polar surface area (TPSA) is 38.4 Å². The number of halogens is 2. The number of rotatable bonds is 3. The molecule has 0 heterocycles. The number of thiocarbonyl (C=S) groups is 1. The Morgan fingerprint density at radius 3 is 2.86 bits per heavy atom. The normalized spacial score (nSPS) is 13.0. The van der Waals surface area contributed by atoms with Crippen LogP contribution < -0.4 is 5.73 Å². The molecule has 1 atom stereocenters. The van der Waals surface area contributed by atoms with E-state index in [9.17, 15) is 4.39 Å². The van der Waals surface area contributed by atoms with Crippen LogP contribution in [0.15, 0.2) is 23.2 Å². The Kier molecular flexibility index (Phi) is 3.98. The smallest absolute Gasteiger partial charge is 0.147 e. The van der Waals surface area contributed by atoms with Crippen LogP contribution >= 0.6 is 23.8 Å². The van der Waals surface area contributed by atoms with Crippen molar-refractivity contribution in [3.8, 4) is 0 Å². The van der Waals surface area contributed by atoms with Gasteiger partial charge in [0.2, 0.25) is 0 Å². The van der Waals surface area contributed by atoms with Gasteiger partial charge in [-0.1, -0.05) is 36.0 Å². The summed E-state index contributed by atoms with van der Waals surface area (Å²) in [6.45, 7) is 0. The zero-order valence-electron chi connectivity index (χ0n) is 7.15. The van der Waals surface area contributed by atoms with Gasteiger partial charge < -0.3 is 5.73 Å². The SMILES string of the molecule is NC=NC(C=S)c1cccc(Cl)c1F. The zero-order chi connectivity index (χ0) is 10.6. The molecule has 0 aromatic heterocycles. The highest BCUT2D eigenvalue weighted by atomic mass is 35.5. The minimum absolute atomic E-state index is 0.0524. The molecule has 0 aliphatic rings. The van der Waals surface area contributed by atoms with Crippen LogP contribution in [-0.4, -0.2) is 11.7 Å². The van der Waals surface area contributed by atoms with Gasteiger partial charge in [0.05, 0.1) is 11.4 Å². The quantitative estimate of drug-likeness (QED) is 0.492. The van der Waals surface area contributed by atoms with Crippen molar-refractivity contribution in [2.75, 3.05) is 0 Å². The van der Waals surface area contributed by atoms with Crippen molar-refractivity contribution in [2.24, 2.45) is 10.7 Å². The third-order valence-corrected chi connectivity index (χ3v) is 2.23. The van der Waals surface area contributed by atoms with E-state index in [1.54, 1.807) is 12.1 Å². The number of nitrogens with two attached hydrogens (primary N) is 1. The maximum Gasteiger partial charge on any atom is 0.147 e. The number of aliphatic imine (C=N–C) groups is 1. The van der Waals surface area contributed by atoms with Crippen LogP contribution in [0.2, 0.25) is 5.02 Å². The minimum atomic E-state index is -0.561. The van der Waals surface area contributed by atoms with Gasteiger partial charge in [0, 0.05) is 10.9 Å². The first-order valence-corrected chi connectivity index (χ1v) is 4.68. The van der Waals surface area contributed by atoms with Gasteiger partial charge in [0.25, 0.3) is 0 Å². The first-order chi connectivity index (χ1) is 6.70. The fourth-order valence-electron chi connectivity index (χ4n) is 1.03. The van der Waals surface area contributed by atoms with Gasteiger partial charge in [-0.2, -0.15) is 0 Å². The van der Waals surface area contributed by atoms with Crippen LogP contribution in [0, 0.1) is 5.82 Å². The van der Waals surface area contributed by atoms with E-state index in [-0.39, 0.29) is 5.02 Å². The summed E-state index contributed by atoms with van der Waals surface area (Å²) in [4.78, 5) is 3.81. The molecule has 1 rings (SSSR count). The summed E-state index contributed by atoms with van der Waals surface area (Å²) in [6.07, 6.45) is 1.09. The fraction of sp³-hybridized carbons (Fsp3) is 0.111. The summed E-state index contributed by atoms with van der Waals surface area (Å²) in [5, 5.41) is 1.38. The molecule has 5 heteroatoms. The lowest BCUT2D eigenvalue weighted by atomic mass is 10.1. The van der Waals surface area contributed by atoms with E-state index in [4.69, 9.17) is 29.6 Å². The molecule has 0 aliphatic heterocycles. The van der Waals surface area contributed by atoms with E-state index in [1.807, 2.05) is 0 Å². The van der Waals surface area contributed by atoms with E-state index < -0.39 is 11.9 Å². The maximum absolute atomic E-state index is 13.4. The molecule has 0 radical (unpaired) electrons. The predicted molar refractivity (Wildman–Crippen MR) is 60.5 cm³/mol. The largest absolute Gasteiger partial charge is 0.390 e. The van der Waals surface area contributed by atoms with Gasteiger partial charge in [-0.05, 0) is 6.07 Å². The first-order valence-electron chi connectivity index (χ1n) is 3.83. The molecule has 0 saturated heterocycles. The number of hydrogen-bond acceptors (Lipinski definition) is 2. The molecule has 74 valence electrons. The Morgan fingerprint density at radius 2 is 2.29 bits per heavy atom. The Hall–Kier alpha value is -1.00. The summed E-state index contributed by atoms with van der Waals surface area (Å²) in [5.41, 5.74) is 5.45. The molecule has 0 aliphatic carbocycles. The lowest BCUT2D eigenvalue weighted by molar-refractivity contribution is 0.608. The Balaban J connectivity index is 3.16. The van der Waals surface area contributed by atoms with Gasteiger partial charge in [-0.25, -0.2) is 4.39 Å². The van der Waals surface area contributed by atoms with Crippen LogP contribution in [-0.2, 0) is 0 Å². The first kappa shape index (κ1) is 11.1. The van der Waals surface area contributed by atoms with E-state index in [2.05, 4.69) is 4.99 Å². The second-order valence-corrected chi connectivity index (χ2v) is 3.20. The van der Waals surface area contributed by atoms with E-state index in [0.29, 0.717) is 5.56 Å². The molecule has 2 nitrogen and oxygen atoms in total. The van der Waals surface area contributed by atoms with Crippen molar-refractivity contribution in [3.63, 3.8) is 0 Å². The summed E-state index contributed by atoms with van der Waals surface area (Å²) < 4.78 is 13.4. The van der Waals surface area contributed by atoms with E-state index in [1.165, 1.54) is 11.4 Å². The van der Waals surface area contributed by atoms with Gasteiger partial charge in [-0.3, -0.25) is 4.99 Å². The summed E-state index contributed by atoms with van der Waals surface area (Å²) in [6, 6.07) is 4.11. The van der Waals surface area contributed by atoms with E-state index in [0.717, 1.165) is 6.34 Å². The highest BCUT2D eigenvalue weighted by Crippen LogP contribution is 2.24. The van der Waals surface area contributed by atoms with Crippen LogP contribution in [0.1, 0.15) is 11.6 Å². The predicted octanol–water partition coefficient (Wildman–Crippen LogP) is 2.51. The van der Waals surface area contributed by atoms with Crippen LogP contribution in [0.25, 0.3) is 0 Å². The zero-order valence-corrected chi connectivity index (χ0v) is 8.73. The number of hydrogen-bond donors (Lipinski definition) is 1. The van der Waals surface area contributed by atoms with Crippen molar-refractivity contribution in [1.29, 1.82) is 0 Å². The molecule has 0 saturated carbocycles. The monoisotopic (exact) mass is 230 g/mol. The molecular weight excluding hydrogens is 223 g/mol. The fourth-order valence-corrected chi connectivity index (χ4v) is 1.43. The van der Waals surface area contributed by atoms with Crippen molar-refractivity contribution in [3.05, 3.63) is 34.6 Å². The minimum Gasteiger partial charge on any atom is -0.390 e. The van der Waals surface area contributed by atoms with Gasteiger partial charge in [0.15, 0.2) is 0 Å². The van der Waals surface area contributed by atoms with Crippen molar-refractivity contribution in [2.45, 2.75) is 6.04 Å². The average Bonchev–Trinajstić information content (AvgIpc) is 2.19. The van der Waals surface area contributed by atoms with Crippen molar-refractivity contribution in [1.82, 2.24) is 0 Å².